The lowest BCUT2D eigenvalue weighted by Crippen LogP contribution is -2.05. The van der Waals surface area contributed by atoms with Gasteiger partial charge >= 0.3 is 0 Å². The van der Waals surface area contributed by atoms with E-state index in [-0.39, 0.29) is 0 Å². The molecule has 1 atom stereocenters. The Balaban J connectivity index is 2.37. The van der Waals surface area contributed by atoms with Crippen molar-refractivity contribution < 1.29 is 9.84 Å². The van der Waals surface area contributed by atoms with Gasteiger partial charge in [0.25, 0.3) is 0 Å². The van der Waals surface area contributed by atoms with E-state index in [1.54, 1.807) is 10.8 Å². The molecule has 0 spiro atoms. The molecule has 0 aliphatic rings. The van der Waals surface area contributed by atoms with Crippen molar-refractivity contribution in [2.75, 3.05) is 6.61 Å². The maximum Gasteiger partial charge on any atom is 0.125 e. The second-order valence-electron chi connectivity index (χ2n) is 4.60. The molecule has 1 heterocycles. The lowest BCUT2D eigenvalue weighted by molar-refractivity contribution is 0.212. The lowest BCUT2D eigenvalue weighted by atomic mass is 10.0. The molecule has 0 fully saturated rings. The number of aliphatic hydroxyl groups excluding tert-OH is 1. The number of aliphatic hydroxyl groups is 1. The van der Waals surface area contributed by atoms with Crippen molar-refractivity contribution in [1.29, 1.82) is 0 Å². The molecule has 1 aromatic heterocycles. The van der Waals surface area contributed by atoms with E-state index < -0.39 is 6.10 Å². The van der Waals surface area contributed by atoms with Gasteiger partial charge in [-0.1, -0.05) is 37.8 Å². The van der Waals surface area contributed by atoms with Crippen LogP contribution in [-0.4, -0.2) is 21.5 Å². The minimum atomic E-state index is -0.736. The van der Waals surface area contributed by atoms with Crippen LogP contribution < -0.4 is 4.74 Å². The van der Waals surface area contributed by atoms with Gasteiger partial charge < -0.3 is 9.84 Å². The van der Waals surface area contributed by atoms with Crippen molar-refractivity contribution in [2.24, 2.45) is 7.05 Å². The predicted molar refractivity (Wildman–Crippen MR) is 78.8 cm³/mol. The quantitative estimate of drug-likeness (QED) is 0.822. The van der Waals surface area contributed by atoms with Crippen LogP contribution in [0.1, 0.15) is 29.8 Å². The Morgan fingerprint density at radius 3 is 2.85 bits per heavy atom. The SMILES string of the molecule is C=CCOc1ccccc1C(O)c1cn(C)nc1CC. The molecule has 4 nitrogen and oxygen atoms in total. The minimum absolute atomic E-state index is 0.414. The molecule has 1 unspecified atom stereocenters. The normalized spacial score (nSPS) is 12.2. The summed E-state index contributed by atoms with van der Waals surface area (Å²) in [5.74, 6) is 0.672. The second kappa shape index (κ2) is 6.39. The molecular weight excluding hydrogens is 252 g/mol. The molecule has 0 radical (unpaired) electrons. The smallest absolute Gasteiger partial charge is 0.125 e. The first-order valence-electron chi connectivity index (χ1n) is 6.70. The highest BCUT2D eigenvalue weighted by atomic mass is 16.5. The Bertz CT molecular complexity index is 590. The highest BCUT2D eigenvalue weighted by molar-refractivity contribution is 5.41. The van der Waals surface area contributed by atoms with Crippen LogP contribution in [-0.2, 0) is 13.5 Å². The Morgan fingerprint density at radius 1 is 1.40 bits per heavy atom. The molecule has 0 bridgehead atoms. The molecular formula is C16H20N2O2. The van der Waals surface area contributed by atoms with E-state index in [1.807, 2.05) is 44.4 Å². The fourth-order valence-electron chi connectivity index (χ4n) is 2.21. The van der Waals surface area contributed by atoms with Crippen LogP contribution in [0.25, 0.3) is 0 Å². The largest absolute Gasteiger partial charge is 0.489 e. The van der Waals surface area contributed by atoms with Crippen LogP contribution in [0, 0.1) is 0 Å². The van der Waals surface area contributed by atoms with Gasteiger partial charge in [0.2, 0.25) is 0 Å². The van der Waals surface area contributed by atoms with Gasteiger partial charge in [-0.3, -0.25) is 4.68 Å². The molecule has 4 heteroatoms. The maximum absolute atomic E-state index is 10.6. The summed E-state index contributed by atoms with van der Waals surface area (Å²) >= 11 is 0. The van der Waals surface area contributed by atoms with Gasteiger partial charge in [0, 0.05) is 24.4 Å². The summed E-state index contributed by atoms with van der Waals surface area (Å²) in [6, 6.07) is 7.50. The van der Waals surface area contributed by atoms with E-state index >= 15 is 0 Å². The maximum atomic E-state index is 10.6. The van der Waals surface area contributed by atoms with E-state index in [0.29, 0.717) is 12.4 Å². The number of aryl methyl sites for hydroxylation is 2. The monoisotopic (exact) mass is 272 g/mol. The van der Waals surface area contributed by atoms with Crippen LogP contribution in [0.4, 0.5) is 0 Å². The molecule has 1 N–H and O–H groups in total. The molecule has 1 aromatic carbocycles. The number of para-hydroxylation sites is 1. The summed E-state index contributed by atoms with van der Waals surface area (Å²) in [5, 5.41) is 15.0. The van der Waals surface area contributed by atoms with Gasteiger partial charge in [0.15, 0.2) is 0 Å². The van der Waals surface area contributed by atoms with Crippen LogP contribution in [0.2, 0.25) is 0 Å². The first kappa shape index (κ1) is 14.3. The van der Waals surface area contributed by atoms with Gasteiger partial charge in [-0.05, 0) is 12.5 Å². The average Bonchev–Trinajstić information content (AvgIpc) is 2.85. The lowest BCUT2D eigenvalue weighted by Gasteiger charge is -2.15. The van der Waals surface area contributed by atoms with Crippen LogP contribution in [0.3, 0.4) is 0 Å². The van der Waals surface area contributed by atoms with Gasteiger partial charge in [0.1, 0.15) is 18.5 Å². The van der Waals surface area contributed by atoms with E-state index in [0.717, 1.165) is 23.2 Å². The summed E-state index contributed by atoms with van der Waals surface area (Å²) in [4.78, 5) is 0. The van der Waals surface area contributed by atoms with Crippen molar-refractivity contribution in [3.05, 3.63) is 59.9 Å². The van der Waals surface area contributed by atoms with Gasteiger partial charge in [-0.15, -0.1) is 0 Å². The van der Waals surface area contributed by atoms with Crippen LogP contribution in [0.5, 0.6) is 5.75 Å². The molecule has 20 heavy (non-hydrogen) atoms. The fourth-order valence-corrected chi connectivity index (χ4v) is 2.21. The standard InChI is InChI=1S/C16H20N2O2/c1-4-10-20-15-9-7-6-8-12(15)16(19)13-11-18(3)17-14(13)5-2/h4,6-9,11,16,19H,1,5,10H2,2-3H3. The Hall–Kier alpha value is -2.07. The number of hydrogen-bond acceptors (Lipinski definition) is 3. The third kappa shape index (κ3) is 2.91. The Labute approximate surface area is 119 Å². The molecule has 0 amide bonds. The van der Waals surface area contributed by atoms with Crippen molar-refractivity contribution in [3.8, 4) is 5.75 Å². The Kier molecular flexibility index (Phi) is 4.58. The first-order valence-corrected chi connectivity index (χ1v) is 6.70. The molecule has 106 valence electrons. The number of nitrogens with zero attached hydrogens (tertiary/aromatic N) is 2. The number of hydrogen-bond donors (Lipinski definition) is 1. The highest BCUT2D eigenvalue weighted by Gasteiger charge is 2.20. The third-order valence-corrected chi connectivity index (χ3v) is 3.14. The van der Waals surface area contributed by atoms with Crippen molar-refractivity contribution in [1.82, 2.24) is 9.78 Å². The fraction of sp³-hybridized carbons (Fsp3) is 0.312. The van der Waals surface area contributed by atoms with E-state index in [4.69, 9.17) is 4.74 Å². The number of aromatic nitrogens is 2. The molecule has 0 aliphatic carbocycles. The second-order valence-corrected chi connectivity index (χ2v) is 4.60. The van der Waals surface area contributed by atoms with Gasteiger partial charge in [-0.2, -0.15) is 5.10 Å². The number of benzene rings is 1. The summed E-state index contributed by atoms with van der Waals surface area (Å²) < 4.78 is 7.33. The molecule has 0 aliphatic heterocycles. The summed E-state index contributed by atoms with van der Waals surface area (Å²) in [6.45, 7) is 6.08. The Morgan fingerprint density at radius 2 is 2.15 bits per heavy atom. The molecule has 0 saturated carbocycles. The zero-order valence-corrected chi connectivity index (χ0v) is 11.9. The summed E-state index contributed by atoms with van der Waals surface area (Å²) in [7, 11) is 1.86. The van der Waals surface area contributed by atoms with E-state index in [9.17, 15) is 5.11 Å². The number of ether oxygens (including phenoxy) is 1. The van der Waals surface area contributed by atoms with Crippen molar-refractivity contribution in [2.45, 2.75) is 19.4 Å². The van der Waals surface area contributed by atoms with Crippen LogP contribution in [0.15, 0.2) is 43.1 Å². The summed E-state index contributed by atoms with van der Waals surface area (Å²) in [6.07, 6.45) is 3.58. The van der Waals surface area contributed by atoms with Gasteiger partial charge in [-0.25, -0.2) is 0 Å². The average molecular weight is 272 g/mol. The highest BCUT2D eigenvalue weighted by Crippen LogP contribution is 2.31. The minimum Gasteiger partial charge on any atom is -0.489 e. The van der Waals surface area contributed by atoms with Gasteiger partial charge in [0.05, 0.1) is 5.69 Å². The zero-order chi connectivity index (χ0) is 14.5. The third-order valence-electron chi connectivity index (χ3n) is 3.14. The predicted octanol–water partition coefficient (Wildman–Crippen LogP) is 2.63. The number of rotatable bonds is 6. The van der Waals surface area contributed by atoms with E-state index in [1.165, 1.54) is 0 Å². The summed E-state index contributed by atoms with van der Waals surface area (Å²) in [5.41, 5.74) is 2.47. The molecule has 2 rings (SSSR count). The molecule has 0 saturated heterocycles. The van der Waals surface area contributed by atoms with Crippen molar-refractivity contribution in [3.63, 3.8) is 0 Å². The van der Waals surface area contributed by atoms with Crippen LogP contribution >= 0.6 is 0 Å². The van der Waals surface area contributed by atoms with E-state index in [2.05, 4.69) is 11.7 Å². The molecule has 2 aromatic rings. The zero-order valence-electron chi connectivity index (χ0n) is 11.9. The first-order chi connectivity index (χ1) is 9.67. The topological polar surface area (TPSA) is 47.3 Å². The van der Waals surface area contributed by atoms with Crippen molar-refractivity contribution >= 4 is 0 Å².